The molecule has 0 bridgehead atoms. The summed E-state index contributed by atoms with van der Waals surface area (Å²) in [6.07, 6.45) is 2.00. The van der Waals surface area contributed by atoms with Crippen molar-refractivity contribution in [3.05, 3.63) is 0 Å². The minimum Gasteiger partial charge on any atom is -0.327 e. The lowest BCUT2D eigenvalue weighted by Gasteiger charge is -1.99. The Hall–Kier alpha value is 0.220. The fourth-order valence-electron chi connectivity index (χ4n) is 0.541. The molecule has 1 aromatic heterocycles. The SMILES string of the molecule is CSc1nnc(SCC(C)N)s1. The molecule has 0 radical (unpaired) electrons. The minimum atomic E-state index is 0.219. The largest absolute Gasteiger partial charge is 0.327 e. The van der Waals surface area contributed by atoms with Crippen molar-refractivity contribution in [2.45, 2.75) is 21.6 Å². The molecule has 1 heterocycles. The van der Waals surface area contributed by atoms with Crippen molar-refractivity contribution in [3.8, 4) is 0 Å². The van der Waals surface area contributed by atoms with Gasteiger partial charge in [-0.2, -0.15) is 0 Å². The summed E-state index contributed by atoms with van der Waals surface area (Å²) in [4.78, 5) is 0. The summed E-state index contributed by atoms with van der Waals surface area (Å²) >= 11 is 4.92. The van der Waals surface area contributed by atoms with Gasteiger partial charge in [-0.1, -0.05) is 34.9 Å². The fourth-order valence-corrected chi connectivity index (χ4v) is 2.88. The van der Waals surface area contributed by atoms with E-state index in [9.17, 15) is 0 Å². The van der Waals surface area contributed by atoms with Crippen molar-refractivity contribution in [2.75, 3.05) is 12.0 Å². The third kappa shape index (κ3) is 3.30. The van der Waals surface area contributed by atoms with Gasteiger partial charge in [-0.15, -0.1) is 10.2 Å². The van der Waals surface area contributed by atoms with Crippen molar-refractivity contribution in [1.82, 2.24) is 10.2 Å². The van der Waals surface area contributed by atoms with Gasteiger partial charge in [0.05, 0.1) is 0 Å². The number of hydrogen-bond acceptors (Lipinski definition) is 6. The molecule has 0 amide bonds. The average Bonchev–Trinajstić information content (AvgIpc) is 2.48. The maximum absolute atomic E-state index is 5.61. The van der Waals surface area contributed by atoms with E-state index in [1.165, 1.54) is 0 Å². The summed E-state index contributed by atoms with van der Waals surface area (Å²) in [7, 11) is 0. The van der Waals surface area contributed by atoms with Gasteiger partial charge >= 0.3 is 0 Å². The first kappa shape index (κ1) is 10.3. The Bertz CT molecular complexity index is 236. The lowest BCUT2D eigenvalue weighted by atomic mass is 10.4. The van der Waals surface area contributed by atoms with Crippen LogP contribution in [0, 0.1) is 0 Å². The molecule has 0 aliphatic carbocycles. The van der Waals surface area contributed by atoms with Gasteiger partial charge in [0.2, 0.25) is 0 Å². The smallest absolute Gasteiger partial charge is 0.175 e. The number of thioether (sulfide) groups is 2. The Balaban J connectivity index is 2.41. The van der Waals surface area contributed by atoms with Crippen molar-refractivity contribution in [2.24, 2.45) is 5.73 Å². The monoisotopic (exact) mass is 221 g/mol. The van der Waals surface area contributed by atoms with Gasteiger partial charge < -0.3 is 5.73 Å². The third-order valence-corrected chi connectivity index (χ3v) is 4.35. The molecular weight excluding hydrogens is 210 g/mol. The average molecular weight is 221 g/mol. The first-order chi connectivity index (χ1) is 5.72. The number of nitrogens with two attached hydrogens (primary N) is 1. The van der Waals surface area contributed by atoms with Gasteiger partial charge in [-0.3, -0.25) is 0 Å². The Morgan fingerprint density at radius 1 is 1.50 bits per heavy atom. The van der Waals surface area contributed by atoms with Gasteiger partial charge in [-0.25, -0.2) is 0 Å². The molecule has 1 aromatic rings. The minimum absolute atomic E-state index is 0.219. The lowest BCUT2D eigenvalue weighted by molar-refractivity contribution is 0.845. The molecule has 0 saturated carbocycles. The molecule has 6 heteroatoms. The summed E-state index contributed by atoms with van der Waals surface area (Å²) in [5.74, 6) is 0.906. The lowest BCUT2D eigenvalue weighted by Crippen LogP contribution is -2.17. The Morgan fingerprint density at radius 2 is 2.17 bits per heavy atom. The van der Waals surface area contributed by atoms with E-state index in [-0.39, 0.29) is 6.04 Å². The van der Waals surface area contributed by atoms with Gasteiger partial charge in [0.15, 0.2) is 8.68 Å². The molecule has 3 nitrogen and oxygen atoms in total. The van der Waals surface area contributed by atoms with Crippen molar-refractivity contribution < 1.29 is 0 Å². The fraction of sp³-hybridized carbons (Fsp3) is 0.667. The summed E-state index contributed by atoms with van der Waals surface area (Å²) in [5.41, 5.74) is 5.61. The quantitative estimate of drug-likeness (QED) is 0.784. The second-order valence-corrected chi connectivity index (χ2v) is 5.62. The highest BCUT2D eigenvalue weighted by Crippen LogP contribution is 2.27. The molecule has 68 valence electrons. The van der Waals surface area contributed by atoms with Crippen LogP contribution in [0.5, 0.6) is 0 Å². The topological polar surface area (TPSA) is 51.8 Å². The molecule has 0 spiro atoms. The van der Waals surface area contributed by atoms with Crippen LogP contribution >= 0.6 is 34.9 Å². The highest BCUT2D eigenvalue weighted by Gasteiger charge is 2.04. The van der Waals surface area contributed by atoms with E-state index in [4.69, 9.17) is 5.73 Å². The van der Waals surface area contributed by atoms with E-state index in [1.807, 2.05) is 13.2 Å². The molecule has 12 heavy (non-hydrogen) atoms. The molecule has 1 atom stereocenters. The van der Waals surface area contributed by atoms with Crippen LogP contribution in [0.25, 0.3) is 0 Å². The number of aromatic nitrogens is 2. The molecule has 0 aromatic carbocycles. The second-order valence-electron chi connectivity index (χ2n) is 2.33. The number of rotatable bonds is 4. The zero-order valence-corrected chi connectivity index (χ0v) is 9.43. The maximum atomic E-state index is 5.61. The van der Waals surface area contributed by atoms with Crippen molar-refractivity contribution >= 4 is 34.9 Å². The van der Waals surface area contributed by atoms with Crippen LogP contribution in [0.15, 0.2) is 8.68 Å². The molecule has 1 rings (SSSR count). The third-order valence-electron chi connectivity index (χ3n) is 1.03. The normalized spacial score (nSPS) is 13.2. The van der Waals surface area contributed by atoms with Crippen LogP contribution < -0.4 is 5.73 Å². The van der Waals surface area contributed by atoms with Crippen LogP contribution in [0.4, 0.5) is 0 Å². The Morgan fingerprint density at radius 3 is 2.67 bits per heavy atom. The van der Waals surface area contributed by atoms with Gasteiger partial charge in [-0.05, 0) is 13.2 Å². The summed E-state index contributed by atoms with van der Waals surface area (Å²) in [6, 6.07) is 0.219. The zero-order valence-electron chi connectivity index (χ0n) is 6.98. The zero-order chi connectivity index (χ0) is 8.97. The van der Waals surface area contributed by atoms with E-state index in [0.29, 0.717) is 0 Å². The van der Waals surface area contributed by atoms with Gasteiger partial charge in [0.25, 0.3) is 0 Å². The molecular formula is C6H11N3S3. The predicted octanol–water partition coefficient (Wildman–Crippen LogP) is 1.70. The van der Waals surface area contributed by atoms with Crippen LogP contribution in [-0.4, -0.2) is 28.2 Å². The number of hydrogen-bond donors (Lipinski definition) is 1. The van der Waals surface area contributed by atoms with Crippen LogP contribution in [0.2, 0.25) is 0 Å². The molecule has 0 fully saturated rings. The Kier molecular flexibility index (Phi) is 4.34. The van der Waals surface area contributed by atoms with E-state index < -0.39 is 0 Å². The molecule has 2 N–H and O–H groups in total. The first-order valence-electron chi connectivity index (χ1n) is 3.48. The van der Waals surface area contributed by atoms with Crippen molar-refractivity contribution in [1.29, 1.82) is 0 Å². The van der Waals surface area contributed by atoms with Crippen molar-refractivity contribution in [3.63, 3.8) is 0 Å². The van der Waals surface area contributed by atoms with E-state index in [1.54, 1.807) is 34.9 Å². The standard InChI is InChI=1S/C6H11N3S3/c1-4(7)3-11-6-9-8-5(10-2)12-6/h4H,3,7H2,1-2H3. The van der Waals surface area contributed by atoms with Gasteiger partial charge in [0.1, 0.15) is 0 Å². The first-order valence-corrected chi connectivity index (χ1v) is 6.51. The Labute approximate surface area is 84.5 Å². The molecule has 0 saturated heterocycles. The molecule has 1 unspecified atom stereocenters. The van der Waals surface area contributed by atoms with Crippen LogP contribution in [-0.2, 0) is 0 Å². The second kappa shape index (κ2) is 5.06. The van der Waals surface area contributed by atoms with E-state index in [0.717, 1.165) is 14.4 Å². The van der Waals surface area contributed by atoms with E-state index in [2.05, 4.69) is 10.2 Å². The van der Waals surface area contributed by atoms with Crippen LogP contribution in [0.3, 0.4) is 0 Å². The molecule has 0 aliphatic heterocycles. The highest BCUT2D eigenvalue weighted by molar-refractivity contribution is 8.02. The maximum Gasteiger partial charge on any atom is 0.175 e. The number of nitrogens with zero attached hydrogens (tertiary/aromatic N) is 2. The van der Waals surface area contributed by atoms with Crippen LogP contribution in [0.1, 0.15) is 6.92 Å². The predicted molar refractivity (Wildman–Crippen MR) is 56.1 cm³/mol. The summed E-state index contributed by atoms with van der Waals surface area (Å²) in [6.45, 7) is 1.99. The van der Waals surface area contributed by atoms with E-state index >= 15 is 0 Å². The molecule has 0 aliphatic rings. The highest BCUT2D eigenvalue weighted by atomic mass is 32.2. The summed E-state index contributed by atoms with van der Waals surface area (Å²) in [5, 5.41) is 8.00. The van der Waals surface area contributed by atoms with Gasteiger partial charge in [0, 0.05) is 11.8 Å². The summed E-state index contributed by atoms with van der Waals surface area (Å²) < 4.78 is 2.03.